The molecule has 3 aromatic rings. The van der Waals surface area contributed by atoms with Gasteiger partial charge in [0.25, 0.3) is 0 Å². The quantitative estimate of drug-likeness (QED) is 0.507. The molecule has 3 atom stereocenters. The molecule has 11 heteroatoms. The molecule has 3 unspecified atom stereocenters. The van der Waals surface area contributed by atoms with E-state index in [4.69, 9.17) is 15.0 Å². The number of hydrogen-bond donors (Lipinski definition) is 1. The fourth-order valence-corrected chi connectivity index (χ4v) is 5.21. The van der Waals surface area contributed by atoms with Crippen LogP contribution in [0.15, 0.2) is 29.0 Å². The van der Waals surface area contributed by atoms with E-state index in [9.17, 15) is 8.78 Å². The van der Waals surface area contributed by atoms with Crippen molar-refractivity contribution in [2.75, 3.05) is 36.0 Å². The molecule has 2 aliphatic heterocycles. The number of aromatic nitrogens is 4. The van der Waals surface area contributed by atoms with Gasteiger partial charge in [0.05, 0.1) is 18.5 Å². The summed E-state index contributed by atoms with van der Waals surface area (Å²) < 4.78 is 39.7. The maximum Gasteiger partial charge on any atom is 0.324 e. The Balaban J connectivity index is 1.16. The third kappa shape index (κ3) is 5.36. The summed E-state index contributed by atoms with van der Waals surface area (Å²) in [5.41, 5.74) is 7.16. The summed E-state index contributed by atoms with van der Waals surface area (Å²) in [6.07, 6.45) is 6.00. The first-order chi connectivity index (χ1) is 17.8. The fourth-order valence-electron chi connectivity index (χ4n) is 5.21. The van der Waals surface area contributed by atoms with E-state index < -0.39 is 11.6 Å². The molecule has 0 bridgehead atoms. The highest BCUT2D eigenvalue weighted by Gasteiger charge is 2.35. The Kier molecular flexibility index (Phi) is 7.23. The van der Waals surface area contributed by atoms with E-state index in [1.54, 1.807) is 25.4 Å². The van der Waals surface area contributed by atoms with Gasteiger partial charge < -0.3 is 24.8 Å². The Morgan fingerprint density at radius 2 is 1.84 bits per heavy atom. The minimum atomic E-state index is -0.572. The predicted octanol–water partition coefficient (Wildman–Crippen LogP) is 3.62. The molecule has 0 amide bonds. The van der Waals surface area contributed by atoms with Crippen molar-refractivity contribution in [2.24, 2.45) is 11.7 Å². The normalized spacial score (nSPS) is 21.5. The number of nitrogens with zero attached hydrogens (tertiary/aromatic N) is 6. The van der Waals surface area contributed by atoms with Crippen LogP contribution < -0.4 is 20.3 Å². The lowest BCUT2D eigenvalue weighted by atomic mass is 9.92. The highest BCUT2D eigenvalue weighted by atomic mass is 19.1. The molecule has 9 nitrogen and oxygen atoms in total. The molecule has 2 saturated heterocycles. The van der Waals surface area contributed by atoms with Gasteiger partial charge >= 0.3 is 6.01 Å². The summed E-state index contributed by atoms with van der Waals surface area (Å²) in [5.74, 6) is 0.821. The van der Waals surface area contributed by atoms with Gasteiger partial charge in [-0.2, -0.15) is 4.98 Å². The molecule has 2 aliphatic rings. The summed E-state index contributed by atoms with van der Waals surface area (Å²) in [7, 11) is 0. The van der Waals surface area contributed by atoms with Crippen molar-refractivity contribution in [2.45, 2.75) is 58.1 Å². The van der Waals surface area contributed by atoms with Gasteiger partial charge in [-0.05, 0) is 49.8 Å². The SMILES string of the molecule is CCc1noc(N2CCC(C(C)Oc3cnc(N4CC(N)C(c5cc(C)c(F)cc5F)C4)nc3)CC2)n1. The molecule has 198 valence electrons. The number of hydrogen-bond acceptors (Lipinski definition) is 9. The first-order valence-electron chi connectivity index (χ1n) is 12.8. The van der Waals surface area contributed by atoms with Crippen molar-refractivity contribution in [3.63, 3.8) is 0 Å². The van der Waals surface area contributed by atoms with Gasteiger partial charge in [-0.3, -0.25) is 0 Å². The van der Waals surface area contributed by atoms with Crippen LogP contribution in [-0.2, 0) is 6.42 Å². The molecular weight excluding hydrogens is 480 g/mol. The summed E-state index contributed by atoms with van der Waals surface area (Å²) in [6, 6.07) is 2.76. The van der Waals surface area contributed by atoms with E-state index in [-0.39, 0.29) is 18.1 Å². The van der Waals surface area contributed by atoms with Crippen LogP contribution in [0, 0.1) is 24.5 Å². The third-order valence-electron chi connectivity index (χ3n) is 7.51. The highest BCUT2D eigenvalue weighted by Crippen LogP contribution is 2.32. The van der Waals surface area contributed by atoms with Gasteiger partial charge in [0, 0.05) is 50.6 Å². The van der Waals surface area contributed by atoms with Gasteiger partial charge in [0.2, 0.25) is 5.95 Å². The van der Waals surface area contributed by atoms with Gasteiger partial charge in [-0.15, -0.1) is 0 Å². The zero-order valence-electron chi connectivity index (χ0n) is 21.4. The lowest BCUT2D eigenvalue weighted by molar-refractivity contribution is 0.131. The van der Waals surface area contributed by atoms with Crippen LogP contribution in [0.1, 0.15) is 49.6 Å². The van der Waals surface area contributed by atoms with E-state index in [1.807, 2.05) is 11.8 Å². The van der Waals surface area contributed by atoms with Crippen LogP contribution in [0.25, 0.3) is 0 Å². The van der Waals surface area contributed by atoms with Crippen molar-refractivity contribution >= 4 is 12.0 Å². The molecule has 2 aromatic heterocycles. The lowest BCUT2D eigenvalue weighted by Crippen LogP contribution is -2.38. The Morgan fingerprint density at radius 3 is 2.51 bits per heavy atom. The Hall–Kier alpha value is -3.34. The van der Waals surface area contributed by atoms with Crippen molar-refractivity contribution in [3.8, 4) is 5.75 Å². The van der Waals surface area contributed by atoms with Gasteiger partial charge in [0.1, 0.15) is 11.6 Å². The molecule has 0 spiro atoms. The smallest absolute Gasteiger partial charge is 0.324 e. The molecule has 2 fully saturated rings. The lowest BCUT2D eigenvalue weighted by Gasteiger charge is -2.33. The van der Waals surface area contributed by atoms with Crippen molar-refractivity contribution < 1.29 is 18.0 Å². The second-order valence-corrected chi connectivity index (χ2v) is 10.0. The number of piperidine rings is 1. The van der Waals surface area contributed by atoms with Gasteiger partial charge in [0.15, 0.2) is 11.6 Å². The third-order valence-corrected chi connectivity index (χ3v) is 7.51. The van der Waals surface area contributed by atoms with E-state index in [0.29, 0.717) is 47.8 Å². The zero-order valence-corrected chi connectivity index (χ0v) is 21.4. The molecule has 4 heterocycles. The van der Waals surface area contributed by atoms with Crippen LogP contribution in [-0.4, -0.2) is 58.4 Å². The second kappa shape index (κ2) is 10.6. The second-order valence-electron chi connectivity index (χ2n) is 10.0. The molecule has 0 aliphatic carbocycles. The van der Waals surface area contributed by atoms with E-state index in [0.717, 1.165) is 44.2 Å². The maximum absolute atomic E-state index is 14.5. The van der Waals surface area contributed by atoms with Gasteiger partial charge in [-0.1, -0.05) is 12.1 Å². The van der Waals surface area contributed by atoms with E-state index in [2.05, 4.69) is 31.9 Å². The number of ether oxygens (including phenoxy) is 1. The Morgan fingerprint density at radius 1 is 1.11 bits per heavy atom. The molecule has 0 saturated carbocycles. The first-order valence-corrected chi connectivity index (χ1v) is 12.8. The number of rotatable bonds is 7. The monoisotopic (exact) mass is 513 g/mol. The number of nitrogens with two attached hydrogens (primary N) is 1. The Bertz CT molecular complexity index is 1210. The largest absolute Gasteiger partial charge is 0.487 e. The average Bonchev–Trinajstić information content (AvgIpc) is 3.54. The molecule has 0 radical (unpaired) electrons. The van der Waals surface area contributed by atoms with Crippen LogP contribution in [0.5, 0.6) is 5.75 Å². The molecule has 37 heavy (non-hydrogen) atoms. The number of anilines is 2. The minimum Gasteiger partial charge on any atom is -0.487 e. The highest BCUT2D eigenvalue weighted by molar-refractivity contribution is 5.40. The van der Waals surface area contributed by atoms with Crippen LogP contribution in [0.3, 0.4) is 0 Å². The zero-order chi connectivity index (χ0) is 26.1. The van der Waals surface area contributed by atoms with Crippen molar-refractivity contribution in [3.05, 3.63) is 53.1 Å². The summed E-state index contributed by atoms with van der Waals surface area (Å²) in [4.78, 5) is 17.4. The molecule has 2 N–H and O–H groups in total. The van der Waals surface area contributed by atoms with E-state index >= 15 is 0 Å². The van der Waals surface area contributed by atoms with Crippen LogP contribution in [0.2, 0.25) is 0 Å². The molecular formula is C26H33F2N7O2. The molecule has 5 rings (SSSR count). The number of benzene rings is 1. The maximum atomic E-state index is 14.5. The van der Waals surface area contributed by atoms with Crippen molar-refractivity contribution in [1.29, 1.82) is 0 Å². The predicted molar refractivity (Wildman–Crippen MR) is 135 cm³/mol. The first kappa shape index (κ1) is 25.3. The van der Waals surface area contributed by atoms with Gasteiger partial charge in [-0.25, -0.2) is 18.7 Å². The number of aryl methyl sites for hydroxylation is 2. The van der Waals surface area contributed by atoms with Crippen LogP contribution in [0.4, 0.5) is 20.7 Å². The number of halogens is 2. The summed E-state index contributed by atoms with van der Waals surface area (Å²) in [6.45, 7) is 8.31. The average molecular weight is 514 g/mol. The minimum absolute atomic E-state index is 0.000215. The molecule has 1 aromatic carbocycles. The van der Waals surface area contributed by atoms with Crippen molar-refractivity contribution in [1.82, 2.24) is 20.1 Å². The topological polar surface area (TPSA) is 106 Å². The Labute approximate surface area is 215 Å². The summed E-state index contributed by atoms with van der Waals surface area (Å²) in [5, 5.41) is 3.98. The fraction of sp³-hybridized carbons (Fsp3) is 0.538. The van der Waals surface area contributed by atoms with Crippen LogP contribution >= 0.6 is 0 Å². The summed E-state index contributed by atoms with van der Waals surface area (Å²) >= 11 is 0. The standard InChI is InChI=1S/C26H33F2N7O2/c1-4-24-32-26(37-33-24)34-7-5-17(6-8-34)16(3)36-18-11-30-25(31-12-18)35-13-20(23(29)14-35)19-9-15(2)21(27)10-22(19)28/h9-12,16-17,20,23H,4-8,13-14,29H2,1-3H3. The van der Waals surface area contributed by atoms with E-state index in [1.165, 1.54) is 0 Å².